The van der Waals surface area contributed by atoms with Gasteiger partial charge in [0.1, 0.15) is 5.82 Å². The lowest BCUT2D eigenvalue weighted by atomic mass is 9.97. The van der Waals surface area contributed by atoms with Crippen LogP contribution in [0.1, 0.15) is 48.0 Å². The predicted octanol–water partition coefficient (Wildman–Crippen LogP) is 4.92. The fourth-order valence-electron chi connectivity index (χ4n) is 2.32. The molecule has 0 bridgehead atoms. The number of hydrogen-bond acceptors (Lipinski definition) is 1. The smallest absolute Gasteiger partial charge is 0.289 e. The van der Waals surface area contributed by atoms with Crippen LogP contribution in [-0.4, -0.2) is 5.78 Å². The standard InChI is InChI=1S/C15H14F4O/c16-13-11(8-5-9-12(13)15(17,18)19)14(20)10-6-3-1-2-4-7-10/h5-6,8-9H,1-4,7H2. The number of rotatable bonds is 2. The molecule has 0 unspecified atom stereocenters. The molecular formula is C15H14F4O. The zero-order chi connectivity index (χ0) is 14.8. The van der Waals surface area contributed by atoms with E-state index in [9.17, 15) is 22.4 Å². The molecule has 0 amide bonds. The molecule has 0 saturated carbocycles. The number of carbonyl (C=O) groups is 1. The maximum Gasteiger partial charge on any atom is 0.419 e. The zero-order valence-corrected chi connectivity index (χ0v) is 10.8. The number of hydrogen-bond donors (Lipinski definition) is 0. The molecule has 0 aliphatic heterocycles. The molecule has 108 valence electrons. The van der Waals surface area contributed by atoms with Crippen molar-refractivity contribution in [1.82, 2.24) is 0 Å². The van der Waals surface area contributed by atoms with E-state index in [1.165, 1.54) is 0 Å². The van der Waals surface area contributed by atoms with E-state index in [-0.39, 0.29) is 0 Å². The fraction of sp³-hybridized carbons (Fsp3) is 0.400. The van der Waals surface area contributed by atoms with Crippen molar-refractivity contribution in [1.29, 1.82) is 0 Å². The molecule has 0 heterocycles. The first kappa shape index (κ1) is 14.8. The van der Waals surface area contributed by atoms with Crippen molar-refractivity contribution in [2.75, 3.05) is 0 Å². The summed E-state index contributed by atoms with van der Waals surface area (Å²) in [5.74, 6) is -2.11. The minimum atomic E-state index is -4.79. The van der Waals surface area contributed by atoms with E-state index in [1.807, 2.05) is 0 Å². The molecule has 20 heavy (non-hydrogen) atoms. The lowest BCUT2D eigenvalue weighted by molar-refractivity contribution is -0.140. The molecule has 1 aliphatic rings. The highest BCUT2D eigenvalue weighted by Gasteiger charge is 2.35. The third kappa shape index (κ3) is 3.08. The van der Waals surface area contributed by atoms with E-state index in [2.05, 4.69) is 0 Å². The number of benzene rings is 1. The molecule has 1 aromatic rings. The first-order chi connectivity index (χ1) is 9.41. The Hall–Kier alpha value is -1.65. The number of alkyl halides is 3. The molecule has 2 rings (SSSR count). The fourth-order valence-corrected chi connectivity index (χ4v) is 2.32. The van der Waals surface area contributed by atoms with Gasteiger partial charge in [0.15, 0.2) is 5.78 Å². The van der Waals surface area contributed by atoms with Crippen molar-refractivity contribution in [3.05, 3.63) is 46.8 Å². The first-order valence-corrected chi connectivity index (χ1v) is 6.50. The van der Waals surface area contributed by atoms with Crippen molar-refractivity contribution in [3.8, 4) is 0 Å². The van der Waals surface area contributed by atoms with Crippen LogP contribution in [0.4, 0.5) is 17.6 Å². The Morgan fingerprint density at radius 3 is 2.55 bits per heavy atom. The van der Waals surface area contributed by atoms with Crippen LogP contribution in [0.5, 0.6) is 0 Å². The molecule has 0 aromatic heterocycles. The van der Waals surface area contributed by atoms with E-state index < -0.39 is 28.9 Å². The summed E-state index contributed by atoms with van der Waals surface area (Å²) in [4.78, 5) is 12.2. The number of halogens is 4. The van der Waals surface area contributed by atoms with Gasteiger partial charge in [-0.15, -0.1) is 0 Å². The van der Waals surface area contributed by atoms with Gasteiger partial charge in [0.2, 0.25) is 0 Å². The van der Waals surface area contributed by atoms with Gasteiger partial charge >= 0.3 is 6.18 Å². The molecule has 0 N–H and O–H groups in total. The van der Waals surface area contributed by atoms with E-state index in [4.69, 9.17) is 0 Å². The second-order valence-electron chi connectivity index (χ2n) is 4.82. The molecule has 5 heteroatoms. The third-order valence-corrected chi connectivity index (χ3v) is 3.38. The summed E-state index contributed by atoms with van der Waals surface area (Å²) >= 11 is 0. The van der Waals surface area contributed by atoms with Crippen molar-refractivity contribution in [2.45, 2.75) is 38.3 Å². The molecule has 0 fully saturated rings. The summed E-state index contributed by atoms with van der Waals surface area (Å²) in [6.45, 7) is 0. The monoisotopic (exact) mass is 286 g/mol. The summed E-state index contributed by atoms with van der Waals surface area (Å²) in [6.07, 6.45) is 0.849. The van der Waals surface area contributed by atoms with E-state index in [1.54, 1.807) is 6.08 Å². The second-order valence-corrected chi connectivity index (χ2v) is 4.82. The molecule has 0 spiro atoms. The third-order valence-electron chi connectivity index (χ3n) is 3.38. The molecular weight excluding hydrogens is 272 g/mol. The van der Waals surface area contributed by atoms with Crippen molar-refractivity contribution >= 4 is 5.78 Å². The minimum Gasteiger partial charge on any atom is -0.289 e. The number of carbonyl (C=O) groups excluding carboxylic acids is 1. The van der Waals surface area contributed by atoms with Gasteiger partial charge in [0.05, 0.1) is 11.1 Å². The van der Waals surface area contributed by atoms with Gasteiger partial charge in [-0.2, -0.15) is 13.2 Å². The summed E-state index contributed by atoms with van der Waals surface area (Å²) in [5, 5.41) is 0. The number of Topliss-reactive ketones (excluding diaryl/α,β-unsaturated/α-hetero) is 1. The highest BCUT2D eigenvalue weighted by atomic mass is 19.4. The van der Waals surface area contributed by atoms with Crippen molar-refractivity contribution in [2.24, 2.45) is 0 Å². The lowest BCUT2D eigenvalue weighted by Crippen LogP contribution is -2.13. The Labute approximate surface area is 114 Å². The Kier molecular flexibility index (Phi) is 4.26. The Bertz CT molecular complexity index is 543. The molecule has 1 aromatic carbocycles. The molecule has 1 nitrogen and oxygen atoms in total. The highest BCUT2D eigenvalue weighted by molar-refractivity contribution is 6.09. The van der Waals surface area contributed by atoms with Gasteiger partial charge in [-0.3, -0.25) is 4.79 Å². The van der Waals surface area contributed by atoms with Gasteiger partial charge in [0.25, 0.3) is 0 Å². The average molecular weight is 286 g/mol. The van der Waals surface area contributed by atoms with Gasteiger partial charge < -0.3 is 0 Å². The van der Waals surface area contributed by atoms with Gasteiger partial charge in [-0.25, -0.2) is 4.39 Å². The van der Waals surface area contributed by atoms with Crippen LogP contribution in [0.3, 0.4) is 0 Å². The maximum absolute atomic E-state index is 13.9. The highest BCUT2D eigenvalue weighted by Crippen LogP contribution is 2.33. The first-order valence-electron chi connectivity index (χ1n) is 6.50. The largest absolute Gasteiger partial charge is 0.419 e. The Morgan fingerprint density at radius 2 is 1.85 bits per heavy atom. The Morgan fingerprint density at radius 1 is 1.10 bits per heavy atom. The van der Waals surface area contributed by atoms with Crippen LogP contribution in [-0.2, 0) is 6.18 Å². The lowest BCUT2D eigenvalue weighted by Gasteiger charge is -2.11. The van der Waals surface area contributed by atoms with Crippen LogP contribution in [0.25, 0.3) is 0 Å². The molecule has 1 aliphatic carbocycles. The van der Waals surface area contributed by atoms with Crippen LogP contribution >= 0.6 is 0 Å². The molecule has 0 radical (unpaired) electrons. The van der Waals surface area contributed by atoms with Gasteiger partial charge in [0, 0.05) is 0 Å². The van der Waals surface area contributed by atoms with Gasteiger partial charge in [-0.1, -0.05) is 18.6 Å². The summed E-state index contributed by atoms with van der Waals surface area (Å²) in [5.41, 5.74) is -1.47. The van der Waals surface area contributed by atoms with Crippen LogP contribution in [0.15, 0.2) is 29.8 Å². The second kappa shape index (κ2) is 5.77. The zero-order valence-electron chi connectivity index (χ0n) is 10.8. The molecule has 0 atom stereocenters. The summed E-state index contributed by atoms with van der Waals surface area (Å²) < 4.78 is 51.8. The number of ketones is 1. The van der Waals surface area contributed by atoms with E-state index >= 15 is 0 Å². The summed E-state index contributed by atoms with van der Waals surface area (Å²) in [6, 6.07) is 2.82. The topological polar surface area (TPSA) is 17.1 Å². The number of allylic oxidation sites excluding steroid dienone is 2. The van der Waals surface area contributed by atoms with E-state index in [0.717, 1.165) is 31.4 Å². The minimum absolute atomic E-state index is 0.417. The van der Waals surface area contributed by atoms with Crippen LogP contribution < -0.4 is 0 Å². The quantitative estimate of drug-likeness (QED) is 0.557. The predicted molar refractivity (Wildman–Crippen MR) is 66.9 cm³/mol. The molecule has 0 saturated heterocycles. The van der Waals surface area contributed by atoms with Crippen molar-refractivity contribution < 1.29 is 22.4 Å². The SMILES string of the molecule is O=C(C1=CCCCCC1)c1cccc(C(F)(F)F)c1F. The van der Waals surface area contributed by atoms with Crippen molar-refractivity contribution in [3.63, 3.8) is 0 Å². The van der Waals surface area contributed by atoms with Crippen LogP contribution in [0, 0.1) is 5.82 Å². The van der Waals surface area contributed by atoms with E-state index in [0.29, 0.717) is 24.5 Å². The Balaban J connectivity index is 2.38. The van der Waals surface area contributed by atoms with Crippen LogP contribution in [0.2, 0.25) is 0 Å². The van der Waals surface area contributed by atoms with Gasteiger partial charge in [-0.05, 0) is 43.4 Å². The summed E-state index contributed by atoms with van der Waals surface area (Å²) in [7, 11) is 0. The normalized spacial score (nSPS) is 16.5. The average Bonchev–Trinajstić information content (AvgIpc) is 2.65. The maximum atomic E-state index is 13.9.